The molecule has 0 saturated heterocycles. The molecule has 0 bridgehead atoms. The Kier molecular flexibility index (Phi) is 6.59. The lowest BCUT2D eigenvalue weighted by atomic mass is 9.85. The predicted molar refractivity (Wildman–Crippen MR) is 107 cm³/mol. The zero-order chi connectivity index (χ0) is 20.2. The van der Waals surface area contributed by atoms with E-state index in [2.05, 4.69) is 15.3 Å². The molecule has 0 fully saturated rings. The zero-order valence-electron chi connectivity index (χ0n) is 16.3. The van der Waals surface area contributed by atoms with Gasteiger partial charge in [-0.3, -0.25) is 9.59 Å². The maximum atomic E-state index is 12.3. The number of aryl methyl sites for hydroxylation is 2. The molecule has 27 heavy (non-hydrogen) atoms. The first kappa shape index (κ1) is 20.9. The van der Waals surface area contributed by atoms with E-state index in [0.29, 0.717) is 24.1 Å². The topological polar surface area (TPSA) is 92.2 Å². The Balaban J connectivity index is 2.00. The zero-order valence-corrected chi connectivity index (χ0v) is 17.1. The quantitative estimate of drug-likeness (QED) is 0.555. The second-order valence-corrected chi connectivity index (χ2v) is 7.69. The second kappa shape index (κ2) is 8.52. The first-order chi connectivity index (χ1) is 12.6. The molecule has 0 saturated carbocycles. The molecule has 1 heterocycles. The third kappa shape index (κ3) is 5.07. The highest BCUT2D eigenvalue weighted by molar-refractivity contribution is 7.98. The Labute approximate surface area is 163 Å². The highest BCUT2D eigenvalue weighted by Gasteiger charge is 2.29. The van der Waals surface area contributed by atoms with E-state index in [0.717, 1.165) is 22.1 Å². The van der Waals surface area contributed by atoms with Crippen LogP contribution in [0, 0.1) is 13.8 Å². The molecular formula is C20H25N3O3S. The standard InChI is InChI=1S/C20H25N3O3S/c1-12-16(13(2)22-19(21-12)27-5)10-11-17(24)23-15-8-6-14(7-9-15)20(3,4)18(25)26/h6-9H,10-11H2,1-5H3,(H,23,24)(H,25,26). The number of thioether (sulfide) groups is 1. The highest BCUT2D eigenvalue weighted by Crippen LogP contribution is 2.25. The summed E-state index contributed by atoms with van der Waals surface area (Å²) in [4.78, 5) is 32.5. The fourth-order valence-electron chi connectivity index (χ4n) is 2.72. The van der Waals surface area contributed by atoms with E-state index in [1.165, 1.54) is 11.8 Å². The van der Waals surface area contributed by atoms with Crippen LogP contribution >= 0.6 is 11.8 Å². The van der Waals surface area contributed by atoms with E-state index < -0.39 is 11.4 Å². The monoisotopic (exact) mass is 387 g/mol. The molecule has 0 aliphatic heterocycles. The van der Waals surface area contributed by atoms with Gasteiger partial charge in [0.05, 0.1) is 5.41 Å². The SMILES string of the molecule is CSc1nc(C)c(CCC(=O)Nc2ccc(C(C)(C)C(=O)O)cc2)c(C)n1. The number of benzene rings is 1. The number of carboxylic acid groups (broad SMARTS) is 1. The number of carbonyl (C=O) groups is 2. The lowest BCUT2D eigenvalue weighted by Gasteiger charge is -2.19. The molecule has 2 rings (SSSR count). The number of rotatable bonds is 7. The molecule has 144 valence electrons. The van der Waals surface area contributed by atoms with E-state index in [9.17, 15) is 14.7 Å². The first-order valence-electron chi connectivity index (χ1n) is 8.67. The number of aliphatic carboxylic acids is 1. The van der Waals surface area contributed by atoms with Crippen molar-refractivity contribution in [1.82, 2.24) is 9.97 Å². The Hall–Kier alpha value is -2.41. The van der Waals surface area contributed by atoms with Crippen molar-refractivity contribution >= 4 is 29.3 Å². The molecule has 0 radical (unpaired) electrons. The summed E-state index contributed by atoms with van der Waals surface area (Å²) >= 11 is 1.50. The van der Waals surface area contributed by atoms with Gasteiger partial charge in [0.25, 0.3) is 0 Å². The Morgan fingerprint density at radius 3 is 2.15 bits per heavy atom. The molecule has 1 amide bonds. The smallest absolute Gasteiger partial charge is 0.313 e. The van der Waals surface area contributed by atoms with Gasteiger partial charge in [-0.25, -0.2) is 9.97 Å². The molecule has 0 unspecified atom stereocenters. The Bertz CT molecular complexity index is 825. The molecule has 0 aliphatic carbocycles. The van der Waals surface area contributed by atoms with Crippen LogP contribution in [0.4, 0.5) is 5.69 Å². The number of carbonyl (C=O) groups excluding carboxylic acids is 1. The second-order valence-electron chi connectivity index (χ2n) is 6.92. The van der Waals surface area contributed by atoms with Gasteiger partial charge in [0.1, 0.15) is 0 Å². The van der Waals surface area contributed by atoms with Crippen molar-refractivity contribution in [2.24, 2.45) is 0 Å². The number of carboxylic acids is 1. The minimum Gasteiger partial charge on any atom is -0.481 e. The number of hydrogen-bond acceptors (Lipinski definition) is 5. The van der Waals surface area contributed by atoms with Gasteiger partial charge in [0, 0.05) is 23.5 Å². The third-order valence-electron chi connectivity index (χ3n) is 4.61. The molecule has 7 heteroatoms. The van der Waals surface area contributed by atoms with Crippen LogP contribution in [0.25, 0.3) is 0 Å². The van der Waals surface area contributed by atoms with Gasteiger partial charge >= 0.3 is 5.97 Å². The van der Waals surface area contributed by atoms with Gasteiger partial charge in [-0.2, -0.15) is 0 Å². The number of nitrogens with zero attached hydrogens (tertiary/aromatic N) is 2. The molecule has 0 spiro atoms. The van der Waals surface area contributed by atoms with Crippen LogP contribution in [0.15, 0.2) is 29.4 Å². The Morgan fingerprint density at radius 2 is 1.67 bits per heavy atom. The van der Waals surface area contributed by atoms with Gasteiger partial charge in [-0.15, -0.1) is 0 Å². The van der Waals surface area contributed by atoms with Gasteiger partial charge < -0.3 is 10.4 Å². The summed E-state index contributed by atoms with van der Waals surface area (Å²) in [6, 6.07) is 6.91. The van der Waals surface area contributed by atoms with Crippen LogP contribution in [0.1, 0.15) is 42.8 Å². The summed E-state index contributed by atoms with van der Waals surface area (Å²) < 4.78 is 0. The van der Waals surface area contributed by atoms with E-state index in [4.69, 9.17) is 0 Å². The first-order valence-corrected chi connectivity index (χ1v) is 9.89. The summed E-state index contributed by atoms with van der Waals surface area (Å²) in [5, 5.41) is 12.9. The fraction of sp³-hybridized carbons (Fsp3) is 0.400. The van der Waals surface area contributed by atoms with E-state index >= 15 is 0 Å². The van der Waals surface area contributed by atoms with Crippen molar-refractivity contribution < 1.29 is 14.7 Å². The number of hydrogen-bond donors (Lipinski definition) is 2. The maximum absolute atomic E-state index is 12.3. The fourth-order valence-corrected chi connectivity index (χ4v) is 3.17. The number of anilines is 1. The lowest BCUT2D eigenvalue weighted by Crippen LogP contribution is -2.28. The molecule has 6 nitrogen and oxygen atoms in total. The van der Waals surface area contributed by atoms with Crippen molar-refractivity contribution in [3.8, 4) is 0 Å². The van der Waals surface area contributed by atoms with Gasteiger partial charge in [-0.05, 0) is 63.6 Å². The highest BCUT2D eigenvalue weighted by atomic mass is 32.2. The van der Waals surface area contributed by atoms with Crippen LogP contribution in [-0.2, 0) is 21.4 Å². The summed E-state index contributed by atoms with van der Waals surface area (Å²) in [6.45, 7) is 7.17. The van der Waals surface area contributed by atoms with E-state index in [-0.39, 0.29) is 5.91 Å². The molecule has 0 atom stereocenters. The normalized spacial score (nSPS) is 11.3. The minimum atomic E-state index is -0.972. The van der Waals surface area contributed by atoms with Crippen LogP contribution < -0.4 is 5.32 Å². The van der Waals surface area contributed by atoms with Crippen molar-refractivity contribution in [3.63, 3.8) is 0 Å². The predicted octanol–water partition coefficient (Wildman–Crippen LogP) is 3.75. The summed E-state index contributed by atoms with van der Waals surface area (Å²) in [6.07, 6.45) is 2.83. The molecule has 0 aliphatic rings. The average molecular weight is 388 g/mol. The van der Waals surface area contributed by atoms with Crippen molar-refractivity contribution in [3.05, 3.63) is 46.8 Å². The van der Waals surface area contributed by atoms with E-state index in [1.807, 2.05) is 20.1 Å². The summed E-state index contributed by atoms with van der Waals surface area (Å²) in [7, 11) is 0. The van der Waals surface area contributed by atoms with Gasteiger partial charge in [0.15, 0.2) is 5.16 Å². The summed E-state index contributed by atoms with van der Waals surface area (Å²) in [5.74, 6) is -0.993. The van der Waals surface area contributed by atoms with Crippen LogP contribution in [0.3, 0.4) is 0 Å². The molecule has 2 N–H and O–H groups in total. The molecule has 2 aromatic rings. The van der Waals surface area contributed by atoms with Crippen LogP contribution in [0.5, 0.6) is 0 Å². The third-order valence-corrected chi connectivity index (χ3v) is 5.16. The van der Waals surface area contributed by atoms with Crippen molar-refractivity contribution in [2.45, 2.75) is 51.1 Å². The van der Waals surface area contributed by atoms with Crippen molar-refractivity contribution in [2.75, 3.05) is 11.6 Å². The minimum absolute atomic E-state index is 0.104. The molecule has 1 aromatic heterocycles. The lowest BCUT2D eigenvalue weighted by molar-refractivity contribution is -0.142. The average Bonchev–Trinajstić information content (AvgIpc) is 2.61. The van der Waals surface area contributed by atoms with Gasteiger partial charge in [0.2, 0.25) is 5.91 Å². The van der Waals surface area contributed by atoms with Gasteiger partial charge in [-0.1, -0.05) is 23.9 Å². The maximum Gasteiger partial charge on any atom is 0.313 e. The number of nitrogens with one attached hydrogen (secondary N) is 1. The largest absolute Gasteiger partial charge is 0.481 e. The Morgan fingerprint density at radius 1 is 1.11 bits per heavy atom. The van der Waals surface area contributed by atoms with Crippen LogP contribution in [-0.4, -0.2) is 33.2 Å². The molecule has 1 aromatic carbocycles. The number of amides is 1. The van der Waals surface area contributed by atoms with Crippen molar-refractivity contribution in [1.29, 1.82) is 0 Å². The van der Waals surface area contributed by atoms with E-state index in [1.54, 1.807) is 38.1 Å². The number of aromatic nitrogens is 2. The summed E-state index contributed by atoms with van der Waals surface area (Å²) in [5.41, 5.74) is 3.17. The van der Waals surface area contributed by atoms with Crippen LogP contribution in [0.2, 0.25) is 0 Å². The molecular weight excluding hydrogens is 362 g/mol.